The Balaban J connectivity index is 1.41. The molecular weight excluding hydrogens is 513 g/mol. The van der Waals surface area contributed by atoms with Crippen LogP contribution >= 0.6 is 22.6 Å². The van der Waals surface area contributed by atoms with Crippen LogP contribution in [0.2, 0.25) is 0 Å². The average Bonchev–Trinajstić information content (AvgIpc) is 3.17. The summed E-state index contributed by atoms with van der Waals surface area (Å²) in [6.45, 7) is 5.08. The zero-order valence-corrected chi connectivity index (χ0v) is 20.3. The Hall–Kier alpha value is -2.45. The highest BCUT2D eigenvalue weighted by molar-refractivity contribution is 14.1. The highest BCUT2D eigenvalue weighted by Crippen LogP contribution is 2.39. The molecule has 0 unspecified atom stereocenters. The van der Waals surface area contributed by atoms with Crippen molar-refractivity contribution in [1.82, 2.24) is 14.9 Å². The van der Waals surface area contributed by atoms with E-state index in [1.807, 2.05) is 0 Å². The molecule has 1 aliphatic heterocycles. The minimum atomic E-state index is 0.0911. The molecule has 0 spiro atoms. The molecule has 0 bridgehead atoms. The molecule has 0 aliphatic carbocycles. The lowest BCUT2D eigenvalue weighted by Gasteiger charge is -2.32. The van der Waals surface area contributed by atoms with E-state index in [1.54, 1.807) is 0 Å². The molecule has 1 fully saturated rings. The second-order valence-electron chi connectivity index (χ2n) is 8.26. The van der Waals surface area contributed by atoms with Gasteiger partial charge >= 0.3 is 0 Å². The van der Waals surface area contributed by atoms with E-state index in [-0.39, 0.29) is 6.10 Å². The Morgan fingerprint density at radius 2 is 1.88 bits per heavy atom. The summed E-state index contributed by atoms with van der Waals surface area (Å²) >= 11 is 2.24. The zero-order chi connectivity index (χ0) is 21.9. The second kappa shape index (κ2) is 9.58. The molecule has 164 valence electrons. The number of nitrogens with zero attached hydrogens (tertiary/aromatic N) is 3. The molecule has 1 aliphatic rings. The van der Waals surface area contributed by atoms with Gasteiger partial charge in [0.05, 0.1) is 0 Å². The molecule has 32 heavy (non-hydrogen) atoms. The number of furan rings is 1. The van der Waals surface area contributed by atoms with Crippen molar-refractivity contribution >= 4 is 33.7 Å². The number of likely N-dealkylation sites (tertiary alicyclic amines) is 1. The Labute approximate surface area is 202 Å². The molecule has 2 aromatic heterocycles. The highest BCUT2D eigenvalue weighted by Gasteiger charge is 2.25. The van der Waals surface area contributed by atoms with Gasteiger partial charge in [-0.05, 0) is 42.5 Å². The largest absolute Gasteiger partial charge is 0.472 e. The molecular formula is C26H26IN3O2. The summed E-state index contributed by atoms with van der Waals surface area (Å²) < 4.78 is 13.3. The Kier molecular flexibility index (Phi) is 6.41. The molecule has 5 nitrogen and oxygen atoms in total. The lowest BCUT2D eigenvalue weighted by Crippen LogP contribution is -2.40. The van der Waals surface area contributed by atoms with Crippen LogP contribution < -0.4 is 4.74 Å². The van der Waals surface area contributed by atoms with Crippen molar-refractivity contribution < 1.29 is 9.15 Å². The van der Waals surface area contributed by atoms with E-state index in [4.69, 9.17) is 9.15 Å². The van der Waals surface area contributed by atoms with Crippen LogP contribution in [0.15, 0.2) is 65.3 Å². The maximum absolute atomic E-state index is 6.50. The number of halogens is 1. The molecule has 4 aromatic rings. The van der Waals surface area contributed by atoms with Crippen LogP contribution in [0.4, 0.5) is 0 Å². The third-order valence-electron chi connectivity index (χ3n) is 6.05. The smallest absolute Gasteiger partial charge is 0.235 e. The topological polar surface area (TPSA) is 51.4 Å². The number of benzene rings is 2. The van der Waals surface area contributed by atoms with Crippen molar-refractivity contribution in [1.29, 1.82) is 0 Å². The monoisotopic (exact) mass is 539 g/mol. The predicted molar refractivity (Wildman–Crippen MR) is 135 cm³/mol. The molecule has 6 heteroatoms. The van der Waals surface area contributed by atoms with Gasteiger partial charge in [0.2, 0.25) is 11.6 Å². The van der Waals surface area contributed by atoms with Crippen LogP contribution in [0.5, 0.6) is 5.88 Å². The first-order valence-electron chi connectivity index (χ1n) is 11.2. The van der Waals surface area contributed by atoms with Crippen LogP contribution in [-0.2, 0) is 13.0 Å². The zero-order valence-electron chi connectivity index (χ0n) is 18.1. The van der Waals surface area contributed by atoms with E-state index in [9.17, 15) is 0 Å². The van der Waals surface area contributed by atoms with Gasteiger partial charge < -0.3 is 9.15 Å². The Morgan fingerprint density at radius 3 is 2.66 bits per heavy atom. The van der Waals surface area contributed by atoms with E-state index in [0.29, 0.717) is 11.6 Å². The first-order valence-corrected chi connectivity index (χ1v) is 12.2. The minimum absolute atomic E-state index is 0.0911. The number of piperidine rings is 1. The van der Waals surface area contributed by atoms with Crippen molar-refractivity contribution in [3.05, 3.63) is 75.8 Å². The van der Waals surface area contributed by atoms with E-state index < -0.39 is 0 Å². The fourth-order valence-corrected chi connectivity index (χ4v) is 5.18. The quantitative estimate of drug-likeness (QED) is 0.277. The maximum Gasteiger partial charge on any atom is 0.235 e. The number of hydrogen-bond acceptors (Lipinski definition) is 5. The lowest BCUT2D eigenvalue weighted by atomic mass is 10.0. The highest BCUT2D eigenvalue weighted by atomic mass is 127. The molecule has 0 amide bonds. The normalized spacial score (nSPS) is 17.0. The number of hydrogen-bond donors (Lipinski definition) is 0. The second-order valence-corrected chi connectivity index (χ2v) is 9.24. The van der Waals surface area contributed by atoms with Crippen molar-refractivity contribution in [2.45, 2.75) is 38.8 Å². The van der Waals surface area contributed by atoms with E-state index in [0.717, 1.165) is 59.2 Å². The van der Waals surface area contributed by atoms with Gasteiger partial charge in [-0.1, -0.05) is 61.5 Å². The summed E-state index contributed by atoms with van der Waals surface area (Å²) in [7, 11) is 0. The summed E-state index contributed by atoms with van der Waals surface area (Å²) in [4.78, 5) is 11.4. The molecule has 0 saturated carbocycles. The number of ether oxygens (including phenoxy) is 1. The van der Waals surface area contributed by atoms with Crippen LogP contribution in [0.25, 0.3) is 22.2 Å². The third-order valence-corrected chi connectivity index (χ3v) is 6.81. The van der Waals surface area contributed by atoms with Crippen LogP contribution in [0, 0.1) is 3.77 Å². The summed E-state index contributed by atoms with van der Waals surface area (Å²) in [6.07, 6.45) is 4.77. The predicted octanol–water partition coefficient (Wildman–Crippen LogP) is 6.10. The van der Waals surface area contributed by atoms with Crippen LogP contribution in [0.3, 0.4) is 0 Å². The standard InChI is InChI=1S/C26H26IN3O2/c1-2-18-10-12-20(13-11-18)22-23-25(28-17-29-26(23)32-24(22)27)31-21-9-6-14-30(16-21)15-19-7-4-3-5-8-19/h3-5,7-8,10-13,17,21H,2,6,9,14-16H2,1H3/t21-/m1/s1. The van der Waals surface area contributed by atoms with Crippen molar-refractivity contribution in [2.75, 3.05) is 13.1 Å². The van der Waals surface area contributed by atoms with Gasteiger partial charge in [-0.15, -0.1) is 0 Å². The van der Waals surface area contributed by atoms with Gasteiger partial charge in [-0.3, -0.25) is 4.90 Å². The van der Waals surface area contributed by atoms with Gasteiger partial charge in [-0.2, -0.15) is 0 Å². The molecule has 0 radical (unpaired) electrons. The molecule has 1 atom stereocenters. The maximum atomic E-state index is 6.50. The molecule has 2 aromatic carbocycles. The van der Waals surface area contributed by atoms with Gasteiger partial charge in [-0.25, -0.2) is 9.97 Å². The summed E-state index contributed by atoms with van der Waals surface area (Å²) in [5.41, 5.74) is 5.32. The van der Waals surface area contributed by atoms with E-state index in [2.05, 4.69) is 99.0 Å². The minimum Gasteiger partial charge on any atom is -0.472 e. The summed E-state index contributed by atoms with van der Waals surface area (Å²) in [5.74, 6) is 0.614. The van der Waals surface area contributed by atoms with Crippen molar-refractivity contribution in [3.63, 3.8) is 0 Å². The van der Waals surface area contributed by atoms with Gasteiger partial charge in [0.1, 0.15) is 17.8 Å². The summed E-state index contributed by atoms with van der Waals surface area (Å²) in [5, 5.41) is 0.862. The molecule has 5 rings (SSSR count). The fraction of sp³-hybridized carbons (Fsp3) is 0.308. The van der Waals surface area contributed by atoms with E-state index in [1.165, 1.54) is 17.5 Å². The number of aromatic nitrogens is 2. The Bertz CT molecular complexity index is 1190. The fourth-order valence-electron chi connectivity index (χ4n) is 4.39. The third kappa shape index (κ3) is 4.52. The van der Waals surface area contributed by atoms with Crippen molar-refractivity contribution in [2.24, 2.45) is 0 Å². The summed E-state index contributed by atoms with van der Waals surface area (Å²) in [6, 6.07) is 19.2. The Morgan fingerprint density at radius 1 is 1.06 bits per heavy atom. The first kappa shape index (κ1) is 21.4. The number of aryl methyl sites for hydroxylation is 1. The van der Waals surface area contributed by atoms with Crippen LogP contribution in [0.1, 0.15) is 30.9 Å². The van der Waals surface area contributed by atoms with Gasteiger partial charge in [0, 0.05) is 41.2 Å². The SMILES string of the molecule is CCc1ccc(-c2c(I)oc3ncnc(O[C@@H]4CCCN(Cc5ccccc5)C4)c23)cc1. The lowest BCUT2D eigenvalue weighted by molar-refractivity contribution is 0.0821. The first-order chi connectivity index (χ1) is 15.7. The van der Waals surface area contributed by atoms with E-state index >= 15 is 0 Å². The van der Waals surface area contributed by atoms with Crippen molar-refractivity contribution in [3.8, 4) is 17.0 Å². The average molecular weight is 539 g/mol. The van der Waals surface area contributed by atoms with Crippen LogP contribution in [-0.4, -0.2) is 34.1 Å². The van der Waals surface area contributed by atoms with Gasteiger partial charge in [0.15, 0.2) is 3.77 Å². The van der Waals surface area contributed by atoms with Gasteiger partial charge in [0.25, 0.3) is 0 Å². The number of fused-ring (bicyclic) bond motifs is 1. The molecule has 3 heterocycles. The molecule has 1 saturated heterocycles. The molecule has 0 N–H and O–H groups in total. The number of rotatable bonds is 6.